The minimum Gasteiger partial charge on any atom is -0.366 e. The first-order valence-corrected chi connectivity index (χ1v) is 7.42. The zero-order valence-corrected chi connectivity index (χ0v) is 11.6. The molecule has 0 spiro atoms. The molecule has 4 unspecified atom stereocenters. The van der Waals surface area contributed by atoms with Crippen LogP contribution in [-0.2, 0) is 0 Å². The highest BCUT2D eigenvalue weighted by molar-refractivity contribution is 9.10. The van der Waals surface area contributed by atoms with Crippen molar-refractivity contribution in [3.8, 4) is 0 Å². The first-order valence-electron chi connectivity index (χ1n) is 6.63. The molecule has 17 heavy (non-hydrogen) atoms. The molecular formula is C14H17BrN2. The molecule has 0 radical (unpaired) electrons. The Morgan fingerprint density at radius 3 is 2.71 bits per heavy atom. The van der Waals surface area contributed by atoms with Gasteiger partial charge in [0.05, 0.1) is 4.47 Å². The summed E-state index contributed by atoms with van der Waals surface area (Å²) in [5.74, 6) is 5.01. The number of halogens is 1. The molecule has 0 saturated heterocycles. The molecule has 1 heterocycles. The molecule has 3 fully saturated rings. The van der Waals surface area contributed by atoms with Gasteiger partial charge in [0.1, 0.15) is 5.82 Å². The van der Waals surface area contributed by atoms with Crippen molar-refractivity contribution in [2.45, 2.75) is 32.2 Å². The lowest BCUT2D eigenvalue weighted by Gasteiger charge is -2.13. The van der Waals surface area contributed by atoms with Crippen LogP contribution >= 0.6 is 15.9 Å². The molecule has 90 valence electrons. The van der Waals surface area contributed by atoms with Crippen molar-refractivity contribution in [2.24, 2.45) is 23.7 Å². The third kappa shape index (κ3) is 1.41. The zero-order chi connectivity index (χ0) is 11.6. The maximum atomic E-state index is 4.46. The van der Waals surface area contributed by atoms with Gasteiger partial charge >= 0.3 is 0 Å². The Morgan fingerprint density at radius 2 is 2.00 bits per heavy atom. The summed E-state index contributed by atoms with van der Waals surface area (Å²) in [7, 11) is 0. The molecule has 1 N–H and O–H groups in total. The van der Waals surface area contributed by atoms with E-state index in [1.54, 1.807) is 0 Å². The molecule has 3 saturated carbocycles. The molecular weight excluding hydrogens is 276 g/mol. The number of rotatable bonds is 2. The third-order valence-electron chi connectivity index (χ3n) is 5.12. The van der Waals surface area contributed by atoms with Crippen molar-refractivity contribution < 1.29 is 0 Å². The van der Waals surface area contributed by atoms with Crippen molar-refractivity contribution in [1.29, 1.82) is 0 Å². The van der Waals surface area contributed by atoms with Crippen LogP contribution in [0.4, 0.5) is 5.82 Å². The van der Waals surface area contributed by atoms with E-state index in [9.17, 15) is 0 Å². The molecule has 2 nitrogen and oxygen atoms in total. The monoisotopic (exact) mass is 292 g/mol. The molecule has 4 atom stereocenters. The molecule has 1 aromatic heterocycles. The quantitative estimate of drug-likeness (QED) is 0.901. The second-order valence-electron chi connectivity index (χ2n) is 5.95. The first-order chi connectivity index (χ1) is 8.25. The normalized spacial score (nSPS) is 41.4. The predicted octanol–water partition coefficient (Wildman–Crippen LogP) is 3.61. The van der Waals surface area contributed by atoms with Crippen molar-refractivity contribution in [2.75, 3.05) is 5.32 Å². The number of aryl methyl sites for hydroxylation is 1. The highest BCUT2D eigenvalue weighted by Crippen LogP contribution is 2.66. The summed E-state index contributed by atoms with van der Waals surface area (Å²) in [6, 6.07) is 2.76. The number of hydrogen-bond donors (Lipinski definition) is 1. The van der Waals surface area contributed by atoms with Crippen molar-refractivity contribution in [1.82, 2.24) is 4.98 Å². The van der Waals surface area contributed by atoms with Crippen LogP contribution in [0.2, 0.25) is 0 Å². The van der Waals surface area contributed by atoms with Gasteiger partial charge in [0.15, 0.2) is 0 Å². The van der Waals surface area contributed by atoms with Crippen LogP contribution in [0.25, 0.3) is 0 Å². The van der Waals surface area contributed by atoms with Crippen LogP contribution in [0, 0.1) is 30.6 Å². The highest BCUT2D eigenvalue weighted by Gasteiger charge is 2.65. The average Bonchev–Trinajstić information content (AvgIpc) is 2.72. The molecule has 0 aromatic carbocycles. The van der Waals surface area contributed by atoms with Crippen LogP contribution < -0.4 is 5.32 Å². The Hall–Kier alpha value is -0.570. The predicted molar refractivity (Wildman–Crippen MR) is 71.9 cm³/mol. The van der Waals surface area contributed by atoms with Gasteiger partial charge < -0.3 is 5.32 Å². The summed E-state index contributed by atoms with van der Waals surface area (Å²) >= 11 is 3.64. The minimum absolute atomic E-state index is 0.715. The summed E-state index contributed by atoms with van der Waals surface area (Å²) in [5.41, 5.74) is 1.26. The lowest BCUT2D eigenvalue weighted by Crippen LogP contribution is -2.14. The number of nitrogens with one attached hydrogen (secondary N) is 1. The van der Waals surface area contributed by atoms with Gasteiger partial charge in [-0.3, -0.25) is 0 Å². The highest BCUT2D eigenvalue weighted by atomic mass is 79.9. The van der Waals surface area contributed by atoms with Gasteiger partial charge in [-0.2, -0.15) is 0 Å². The van der Waals surface area contributed by atoms with Crippen LogP contribution in [0.15, 0.2) is 16.7 Å². The third-order valence-corrected chi connectivity index (χ3v) is 6.12. The van der Waals surface area contributed by atoms with E-state index in [-0.39, 0.29) is 0 Å². The second kappa shape index (κ2) is 3.47. The summed E-state index contributed by atoms with van der Waals surface area (Å²) < 4.78 is 1.14. The molecule has 1 aromatic rings. The average molecular weight is 293 g/mol. The first kappa shape index (κ1) is 10.4. The number of hydrogen-bond acceptors (Lipinski definition) is 2. The van der Waals surface area contributed by atoms with Crippen LogP contribution in [0.3, 0.4) is 0 Å². The van der Waals surface area contributed by atoms with Gasteiger partial charge in [-0.05, 0) is 77.4 Å². The van der Waals surface area contributed by atoms with E-state index in [1.807, 2.05) is 12.3 Å². The van der Waals surface area contributed by atoms with Crippen molar-refractivity contribution >= 4 is 21.7 Å². The Kier molecular flexibility index (Phi) is 2.11. The lowest BCUT2D eigenvalue weighted by atomic mass is 10.0. The number of pyridine rings is 1. The largest absolute Gasteiger partial charge is 0.366 e. The summed E-state index contributed by atoms with van der Waals surface area (Å²) in [4.78, 5) is 4.46. The number of fused-ring (bicyclic) bond motifs is 5. The Labute approximate surface area is 110 Å². The SMILES string of the molecule is Cc1ccnc(NC2C3C4CCC(C4)C23)c1Br. The Morgan fingerprint density at radius 1 is 1.29 bits per heavy atom. The maximum Gasteiger partial charge on any atom is 0.140 e. The Bertz CT molecular complexity index is 457. The van der Waals surface area contributed by atoms with Gasteiger partial charge in [0.2, 0.25) is 0 Å². The van der Waals surface area contributed by atoms with Gasteiger partial charge in [-0.25, -0.2) is 4.98 Å². The number of aromatic nitrogens is 1. The fourth-order valence-corrected chi connectivity index (χ4v) is 4.67. The molecule has 0 aliphatic heterocycles. The minimum atomic E-state index is 0.715. The molecule has 3 aliphatic rings. The van der Waals surface area contributed by atoms with E-state index in [0.29, 0.717) is 6.04 Å². The standard InChI is InChI=1S/C14H17BrN2/c1-7-4-5-16-14(12(7)15)17-13-10-8-2-3-9(6-8)11(10)13/h4-5,8-11,13H,2-3,6H2,1H3,(H,16,17). The zero-order valence-electron chi connectivity index (χ0n) is 9.99. The van der Waals surface area contributed by atoms with E-state index in [1.165, 1.54) is 24.8 Å². The van der Waals surface area contributed by atoms with Crippen LogP contribution in [0.5, 0.6) is 0 Å². The van der Waals surface area contributed by atoms with Gasteiger partial charge in [-0.15, -0.1) is 0 Å². The van der Waals surface area contributed by atoms with E-state index < -0.39 is 0 Å². The molecule has 0 amide bonds. The second-order valence-corrected chi connectivity index (χ2v) is 6.74. The van der Waals surface area contributed by atoms with E-state index >= 15 is 0 Å². The summed E-state index contributed by atoms with van der Waals surface area (Å²) in [6.45, 7) is 2.12. The van der Waals surface area contributed by atoms with E-state index in [4.69, 9.17) is 0 Å². The van der Waals surface area contributed by atoms with Gasteiger partial charge in [0, 0.05) is 12.2 Å². The smallest absolute Gasteiger partial charge is 0.140 e. The van der Waals surface area contributed by atoms with Gasteiger partial charge in [0.25, 0.3) is 0 Å². The van der Waals surface area contributed by atoms with E-state index in [0.717, 1.165) is 34.0 Å². The van der Waals surface area contributed by atoms with Crippen molar-refractivity contribution in [3.05, 3.63) is 22.3 Å². The molecule has 3 aliphatic carbocycles. The van der Waals surface area contributed by atoms with Crippen LogP contribution in [0.1, 0.15) is 24.8 Å². The topological polar surface area (TPSA) is 24.9 Å². The lowest BCUT2D eigenvalue weighted by molar-refractivity contribution is 0.456. The summed E-state index contributed by atoms with van der Waals surface area (Å²) in [5, 5.41) is 3.67. The summed E-state index contributed by atoms with van der Waals surface area (Å²) in [6.07, 6.45) is 6.37. The van der Waals surface area contributed by atoms with E-state index in [2.05, 4.69) is 33.2 Å². The fourth-order valence-electron chi connectivity index (χ4n) is 4.32. The van der Waals surface area contributed by atoms with Crippen molar-refractivity contribution in [3.63, 3.8) is 0 Å². The number of nitrogens with zero attached hydrogens (tertiary/aromatic N) is 1. The molecule has 3 heteroatoms. The molecule has 4 rings (SSSR count). The van der Waals surface area contributed by atoms with Gasteiger partial charge in [-0.1, -0.05) is 0 Å². The Balaban J connectivity index is 1.55. The van der Waals surface area contributed by atoms with Crippen LogP contribution in [-0.4, -0.2) is 11.0 Å². The molecule has 2 bridgehead atoms. The fraction of sp³-hybridized carbons (Fsp3) is 0.643. The maximum absolute atomic E-state index is 4.46. The number of anilines is 1.